The van der Waals surface area contributed by atoms with Crippen LogP contribution in [0.4, 0.5) is 51.2 Å². The standard InChI is InChI=1S/C35H27N11O7S2.2Na/c36-20-8-12-25(24(37)16-20)44-43-23-11-13-26-27(17-23)40-35(39-26)18-6-9-22(10-7-18)42-45-32-28(54(48,49)50)14-19-15-29(55(51,52)53)33(34(47)30(19)31(32)38)46-41-21-4-2-1-3-5-21;;/h1-17,47H,36-38H2,(H,39,40)(H,48,49,50)(H,51,52,53);;/q;2*+1/p-2. The molecule has 276 valence electrons. The van der Waals surface area contributed by atoms with Gasteiger partial charge in [0, 0.05) is 11.3 Å². The van der Waals surface area contributed by atoms with Crippen molar-refractivity contribution in [3.8, 4) is 17.1 Å². The Balaban J connectivity index is 0.00000310. The number of fused-ring (bicyclic) bond motifs is 2. The predicted octanol–water partition coefficient (Wildman–Crippen LogP) is 1.90. The Labute approximate surface area is 368 Å². The number of nitrogens with one attached hydrogen (secondary N) is 1. The smallest absolute Gasteiger partial charge is 0.744 e. The van der Waals surface area contributed by atoms with Gasteiger partial charge in [0.15, 0.2) is 5.75 Å². The Bertz CT molecular complexity index is 2980. The van der Waals surface area contributed by atoms with E-state index in [0.717, 1.165) is 17.6 Å². The van der Waals surface area contributed by atoms with Crippen LogP contribution in [0.3, 0.4) is 0 Å². The maximum absolute atomic E-state index is 12.4. The molecule has 18 nitrogen and oxygen atoms in total. The van der Waals surface area contributed by atoms with E-state index in [1.807, 2.05) is 0 Å². The average Bonchev–Trinajstić information content (AvgIpc) is 3.57. The van der Waals surface area contributed by atoms with Gasteiger partial charge in [-0.15, -0.1) is 15.3 Å². The molecule has 1 heterocycles. The summed E-state index contributed by atoms with van der Waals surface area (Å²) in [5, 5.41) is 34.6. The maximum atomic E-state index is 12.4. The number of aromatic amines is 1. The van der Waals surface area contributed by atoms with Gasteiger partial charge in [-0.25, -0.2) is 21.8 Å². The van der Waals surface area contributed by atoms with Crippen molar-refractivity contribution < 1.29 is 90.2 Å². The molecule has 7 rings (SSSR count). The molecule has 0 saturated heterocycles. The number of phenols is 1. The Morgan fingerprint density at radius 2 is 1.21 bits per heavy atom. The fourth-order valence-electron chi connectivity index (χ4n) is 5.46. The van der Waals surface area contributed by atoms with Crippen LogP contribution in [0, 0.1) is 0 Å². The summed E-state index contributed by atoms with van der Waals surface area (Å²) in [6.07, 6.45) is 0. The second-order valence-electron chi connectivity index (χ2n) is 11.8. The molecule has 6 aromatic carbocycles. The summed E-state index contributed by atoms with van der Waals surface area (Å²) in [4.78, 5) is 5.83. The van der Waals surface area contributed by atoms with E-state index in [1.165, 1.54) is 24.3 Å². The molecule has 0 unspecified atom stereocenters. The van der Waals surface area contributed by atoms with Crippen LogP contribution in [0.1, 0.15) is 0 Å². The molecule has 0 fully saturated rings. The van der Waals surface area contributed by atoms with Gasteiger partial charge in [-0.3, -0.25) is 0 Å². The number of azo groups is 3. The van der Waals surface area contributed by atoms with Gasteiger partial charge in [0.2, 0.25) is 0 Å². The molecule has 0 spiro atoms. The van der Waals surface area contributed by atoms with Gasteiger partial charge in [-0.2, -0.15) is 15.3 Å². The number of nitrogens with zero attached hydrogens (tertiary/aromatic N) is 7. The van der Waals surface area contributed by atoms with Crippen molar-refractivity contribution >= 4 is 93.2 Å². The Hall–Kier alpha value is -5.13. The number of aromatic hydroxyl groups is 1. The van der Waals surface area contributed by atoms with Gasteiger partial charge in [0.1, 0.15) is 43.1 Å². The monoisotopic (exact) mass is 821 g/mol. The number of H-pyrrole nitrogens is 1. The van der Waals surface area contributed by atoms with E-state index in [2.05, 4.69) is 40.7 Å². The fraction of sp³-hybridized carbons (Fsp3) is 0. The van der Waals surface area contributed by atoms with Gasteiger partial charge in [0.05, 0.1) is 54.6 Å². The molecule has 22 heteroatoms. The summed E-state index contributed by atoms with van der Waals surface area (Å²) >= 11 is 0. The molecule has 0 aliphatic rings. The second-order valence-corrected chi connectivity index (χ2v) is 14.5. The number of benzene rings is 6. The maximum Gasteiger partial charge on any atom is 1.00 e. The largest absolute Gasteiger partial charge is 1.00 e. The molecular formula is C35H25N11Na2O7S2. The van der Waals surface area contributed by atoms with Crippen molar-refractivity contribution in [2.24, 2.45) is 30.7 Å². The molecule has 57 heavy (non-hydrogen) atoms. The van der Waals surface area contributed by atoms with E-state index >= 15 is 0 Å². The van der Waals surface area contributed by atoms with Gasteiger partial charge in [-0.05, 0) is 90.3 Å². The first-order chi connectivity index (χ1) is 26.2. The van der Waals surface area contributed by atoms with Crippen molar-refractivity contribution in [1.82, 2.24) is 9.97 Å². The summed E-state index contributed by atoms with van der Waals surface area (Å²) < 4.78 is 73.6. The molecule has 0 aliphatic heterocycles. The van der Waals surface area contributed by atoms with Gasteiger partial charge < -0.3 is 36.4 Å². The first-order valence-corrected chi connectivity index (χ1v) is 18.6. The molecule has 7 aromatic rings. The molecule has 0 aliphatic carbocycles. The summed E-state index contributed by atoms with van der Waals surface area (Å²) in [7, 11) is -10.6. The van der Waals surface area contributed by atoms with Crippen LogP contribution in [-0.2, 0) is 20.2 Å². The number of rotatable bonds is 9. The molecule has 0 amide bonds. The molecule has 1 aromatic heterocycles. The fourth-order valence-corrected chi connectivity index (χ4v) is 6.76. The van der Waals surface area contributed by atoms with Crippen LogP contribution < -0.4 is 76.3 Å². The van der Waals surface area contributed by atoms with E-state index in [9.17, 15) is 31.0 Å². The summed E-state index contributed by atoms with van der Waals surface area (Å²) in [6.45, 7) is 0. The summed E-state index contributed by atoms with van der Waals surface area (Å²) in [5.41, 5.74) is 20.3. The zero-order valence-electron chi connectivity index (χ0n) is 29.9. The number of hydrogen-bond acceptors (Lipinski definition) is 17. The van der Waals surface area contributed by atoms with Crippen molar-refractivity contribution in [2.75, 3.05) is 17.2 Å². The number of anilines is 3. The first kappa shape index (κ1) is 43.0. The zero-order valence-corrected chi connectivity index (χ0v) is 35.5. The van der Waals surface area contributed by atoms with Crippen molar-refractivity contribution in [3.63, 3.8) is 0 Å². The molecule has 0 saturated carbocycles. The van der Waals surface area contributed by atoms with E-state index in [-0.39, 0.29) is 81.3 Å². The van der Waals surface area contributed by atoms with Crippen LogP contribution in [0.5, 0.6) is 5.75 Å². The molecule has 8 N–H and O–H groups in total. The van der Waals surface area contributed by atoms with E-state index in [4.69, 9.17) is 17.2 Å². The SMILES string of the molecule is Nc1ccc(N=Nc2ccc3[nH]c(-c4ccc(N=Nc5c(S(=O)(=O)[O-])cc6cc(S(=O)(=O)[O-])c(N=Nc7ccccc7)c(O)c6c5N)cc4)nc3c2)c(N)c1.[Na+].[Na+]. The topological polar surface area (TPSA) is 316 Å². The number of imidazole rings is 1. The van der Waals surface area contributed by atoms with Gasteiger partial charge >= 0.3 is 59.1 Å². The molecular weight excluding hydrogens is 797 g/mol. The number of nitrogen functional groups attached to an aromatic ring is 3. The molecule has 0 atom stereocenters. The number of aromatic nitrogens is 2. The predicted molar refractivity (Wildman–Crippen MR) is 202 cm³/mol. The van der Waals surface area contributed by atoms with Crippen LogP contribution >= 0.6 is 0 Å². The van der Waals surface area contributed by atoms with E-state index < -0.39 is 52.8 Å². The Kier molecular flexibility index (Phi) is 12.9. The minimum atomic E-state index is -5.32. The number of hydrogen-bond donors (Lipinski definition) is 5. The van der Waals surface area contributed by atoms with Crippen LogP contribution in [0.2, 0.25) is 0 Å². The third kappa shape index (κ3) is 9.37. The Morgan fingerprint density at radius 1 is 0.632 bits per heavy atom. The molecule has 0 radical (unpaired) electrons. The van der Waals surface area contributed by atoms with Crippen LogP contribution in [0.15, 0.2) is 144 Å². The quantitative estimate of drug-likeness (QED) is 0.0606. The third-order valence-electron chi connectivity index (χ3n) is 8.07. The average molecular weight is 822 g/mol. The van der Waals surface area contributed by atoms with Crippen LogP contribution in [0.25, 0.3) is 33.2 Å². The second kappa shape index (κ2) is 17.2. The first-order valence-electron chi connectivity index (χ1n) is 15.7. The summed E-state index contributed by atoms with van der Waals surface area (Å²) in [6, 6.07) is 26.1. The van der Waals surface area contributed by atoms with Crippen molar-refractivity contribution in [2.45, 2.75) is 9.79 Å². The normalized spacial score (nSPS) is 12.1. The number of phenolic OH excluding ortho intramolecular Hbond substituents is 1. The van der Waals surface area contributed by atoms with Gasteiger partial charge in [0.25, 0.3) is 0 Å². The van der Waals surface area contributed by atoms with Gasteiger partial charge in [-0.1, -0.05) is 18.2 Å². The molecule has 0 bridgehead atoms. The van der Waals surface area contributed by atoms with Crippen molar-refractivity contribution in [1.29, 1.82) is 0 Å². The summed E-state index contributed by atoms with van der Waals surface area (Å²) in [5.74, 6) is -0.420. The van der Waals surface area contributed by atoms with Crippen LogP contribution in [-0.4, -0.2) is 41.0 Å². The third-order valence-corrected chi connectivity index (χ3v) is 9.77. The van der Waals surface area contributed by atoms with Crippen molar-refractivity contribution in [3.05, 3.63) is 103 Å². The minimum Gasteiger partial charge on any atom is -0.744 e. The zero-order chi connectivity index (χ0) is 39.1. The van der Waals surface area contributed by atoms with E-state index in [1.54, 1.807) is 66.7 Å². The number of nitrogens with two attached hydrogens (primary N) is 3. The Morgan fingerprint density at radius 3 is 1.84 bits per heavy atom. The van der Waals surface area contributed by atoms with E-state index in [0.29, 0.717) is 39.7 Å². The minimum absolute atomic E-state index is 0.